The van der Waals surface area contributed by atoms with Crippen LogP contribution in [0, 0.1) is 6.92 Å². The fraction of sp³-hybridized carbons (Fsp3) is 0.533. The molecule has 1 aromatic rings. The number of thioether (sulfide) groups is 1. The van der Waals surface area contributed by atoms with Crippen molar-refractivity contribution in [2.24, 2.45) is 0 Å². The first-order valence-electron chi connectivity index (χ1n) is 6.77. The molecule has 4 nitrogen and oxygen atoms in total. The van der Waals surface area contributed by atoms with Crippen LogP contribution in [0.1, 0.15) is 28.8 Å². The Morgan fingerprint density at radius 2 is 2.15 bits per heavy atom. The first-order valence-corrected chi connectivity index (χ1v) is 7.99. The second-order valence-electron chi connectivity index (χ2n) is 5.20. The fourth-order valence-electron chi connectivity index (χ4n) is 2.24. The fourth-order valence-corrected chi connectivity index (χ4v) is 2.68. The third kappa shape index (κ3) is 3.75. The summed E-state index contributed by atoms with van der Waals surface area (Å²) < 4.78 is 5.23. The van der Waals surface area contributed by atoms with Gasteiger partial charge in [0.05, 0.1) is 5.60 Å². The molecular formula is C15H21NO3S. The minimum Gasteiger partial charge on any atom is -0.388 e. The Bertz CT molecular complexity index is 484. The van der Waals surface area contributed by atoms with Gasteiger partial charge in [-0.1, -0.05) is 6.07 Å². The van der Waals surface area contributed by atoms with Crippen LogP contribution in [-0.4, -0.2) is 42.6 Å². The molecule has 1 aliphatic rings. The minimum atomic E-state index is -0.834. The van der Waals surface area contributed by atoms with E-state index in [1.807, 2.05) is 31.4 Å². The Hall–Kier alpha value is -1.04. The van der Waals surface area contributed by atoms with Gasteiger partial charge in [0.1, 0.15) is 0 Å². The molecule has 0 aromatic heterocycles. The second-order valence-corrected chi connectivity index (χ2v) is 6.08. The minimum absolute atomic E-state index is 0.127. The van der Waals surface area contributed by atoms with Gasteiger partial charge in [-0.05, 0) is 30.9 Å². The molecule has 0 spiro atoms. The van der Waals surface area contributed by atoms with Crippen molar-refractivity contribution in [3.05, 3.63) is 29.3 Å². The Kier molecular flexibility index (Phi) is 5.07. The van der Waals surface area contributed by atoms with Gasteiger partial charge in [-0.2, -0.15) is 0 Å². The smallest absolute Gasteiger partial charge is 0.251 e. The lowest BCUT2D eigenvalue weighted by Gasteiger charge is -2.32. The van der Waals surface area contributed by atoms with E-state index in [2.05, 4.69) is 5.32 Å². The zero-order valence-corrected chi connectivity index (χ0v) is 12.8. The summed E-state index contributed by atoms with van der Waals surface area (Å²) in [4.78, 5) is 13.3. The van der Waals surface area contributed by atoms with Gasteiger partial charge >= 0.3 is 0 Å². The number of ether oxygens (including phenoxy) is 1. The quantitative estimate of drug-likeness (QED) is 0.834. The summed E-state index contributed by atoms with van der Waals surface area (Å²) in [5.41, 5.74) is 0.783. The molecule has 0 radical (unpaired) electrons. The average Bonchev–Trinajstić information content (AvgIpc) is 2.46. The number of aryl methyl sites for hydroxylation is 1. The molecule has 1 aromatic carbocycles. The predicted octanol–water partition coefficient (Wildman–Crippen LogP) is 1.99. The highest BCUT2D eigenvalue weighted by atomic mass is 32.2. The lowest BCUT2D eigenvalue weighted by Crippen LogP contribution is -2.46. The van der Waals surface area contributed by atoms with Crippen LogP contribution in [0.4, 0.5) is 0 Å². The number of amides is 1. The van der Waals surface area contributed by atoms with Crippen LogP contribution in [0.25, 0.3) is 0 Å². The van der Waals surface area contributed by atoms with Crippen molar-refractivity contribution in [2.75, 3.05) is 26.0 Å². The maximum Gasteiger partial charge on any atom is 0.251 e. The molecule has 2 rings (SSSR count). The van der Waals surface area contributed by atoms with Gasteiger partial charge in [0.25, 0.3) is 5.91 Å². The lowest BCUT2D eigenvalue weighted by atomic mass is 9.94. The van der Waals surface area contributed by atoms with E-state index in [9.17, 15) is 9.90 Å². The van der Waals surface area contributed by atoms with E-state index in [0.717, 1.165) is 10.5 Å². The molecule has 0 saturated carbocycles. The lowest BCUT2D eigenvalue weighted by molar-refractivity contribution is -0.0605. The number of rotatable bonds is 4. The molecule has 1 fully saturated rings. The topological polar surface area (TPSA) is 58.6 Å². The van der Waals surface area contributed by atoms with Crippen molar-refractivity contribution in [2.45, 2.75) is 30.3 Å². The van der Waals surface area contributed by atoms with Gasteiger partial charge in [-0.25, -0.2) is 0 Å². The zero-order chi connectivity index (χ0) is 14.6. The van der Waals surface area contributed by atoms with Crippen LogP contribution in [0.15, 0.2) is 23.1 Å². The summed E-state index contributed by atoms with van der Waals surface area (Å²) in [6, 6.07) is 5.84. The van der Waals surface area contributed by atoms with Crippen molar-refractivity contribution < 1.29 is 14.6 Å². The number of hydrogen-bond acceptors (Lipinski definition) is 4. The van der Waals surface area contributed by atoms with Crippen molar-refractivity contribution >= 4 is 17.7 Å². The maximum absolute atomic E-state index is 12.3. The van der Waals surface area contributed by atoms with Crippen molar-refractivity contribution in [1.82, 2.24) is 5.32 Å². The van der Waals surface area contributed by atoms with Crippen LogP contribution >= 0.6 is 11.8 Å². The van der Waals surface area contributed by atoms with Gasteiger partial charge in [-0.15, -0.1) is 11.8 Å². The number of hydrogen-bond donors (Lipinski definition) is 2. The molecule has 1 amide bonds. The highest BCUT2D eigenvalue weighted by Gasteiger charge is 2.30. The van der Waals surface area contributed by atoms with E-state index in [1.165, 1.54) is 0 Å². The standard InChI is InChI=1S/C15H21NO3S/c1-11-3-4-12(20-2)9-13(11)14(17)16-10-15(18)5-7-19-8-6-15/h3-4,9,18H,5-8,10H2,1-2H3,(H,16,17). The molecule has 110 valence electrons. The first-order chi connectivity index (χ1) is 9.54. The van der Waals surface area contributed by atoms with Crippen molar-refractivity contribution in [1.29, 1.82) is 0 Å². The molecule has 1 heterocycles. The number of carbonyl (C=O) groups is 1. The third-order valence-electron chi connectivity index (χ3n) is 3.69. The van der Waals surface area contributed by atoms with E-state index < -0.39 is 5.60 Å². The highest BCUT2D eigenvalue weighted by molar-refractivity contribution is 7.98. The maximum atomic E-state index is 12.3. The van der Waals surface area contributed by atoms with Crippen LogP contribution in [0.2, 0.25) is 0 Å². The van der Waals surface area contributed by atoms with E-state index in [1.54, 1.807) is 11.8 Å². The summed E-state index contributed by atoms with van der Waals surface area (Å²) in [7, 11) is 0. The summed E-state index contributed by atoms with van der Waals surface area (Å²) in [6.45, 7) is 3.29. The van der Waals surface area contributed by atoms with Crippen LogP contribution in [0.5, 0.6) is 0 Å². The van der Waals surface area contributed by atoms with E-state index in [4.69, 9.17) is 4.74 Å². The Labute approximate surface area is 123 Å². The van der Waals surface area contributed by atoms with E-state index in [0.29, 0.717) is 31.6 Å². The molecule has 1 saturated heterocycles. The third-order valence-corrected chi connectivity index (χ3v) is 4.42. The summed E-state index contributed by atoms with van der Waals surface area (Å²) in [5.74, 6) is -0.127. The summed E-state index contributed by atoms with van der Waals surface area (Å²) >= 11 is 1.61. The van der Waals surface area contributed by atoms with Gasteiger partial charge in [0, 0.05) is 43.1 Å². The number of carbonyl (C=O) groups excluding carboxylic acids is 1. The number of aliphatic hydroxyl groups is 1. The largest absolute Gasteiger partial charge is 0.388 e. The SMILES string of the molecule is CSc1ccc(C)c(C(=O)NCC2(O)CCOCC2)c1. The number of nitrogens with one attached hydrogen (secondary N) is 1. The summed E-state index contributed by atoms with van der Waals surface area (Å²) in [6.07, 6.45) is 3.12. The van der Waals surface area contributed by atoms with Crippen molar-refractivity contribution in [3.63, 3.8) is 0 Å². The molecule has 20 heavy (non-hydrogen) atoms. The molecule has 1 aliphatic heterocycles. The Morgan fingerprint density at radius 3 is 2.80 bits per heavy atom. The molecule has 0 unspecified atom stereocenters. The molecule has 0 atom stereocenters. The highest BCUT2D eigenvalue weighted by Crippen LogP contribution is 2.21. The molecule has 0 aliphatic carbocycles. The van der Waals surface area contributed by atoms with Gasteiger partial charge in [0.2, 0.25) is 0 Å². The second kappa shape index (κ2) is 6.61. The first kappa shape index (κ1) is 15.4. The Morgan fingerprint density at radius 1 is 1.45 bits per heavy atom. The molecular weight excluding hydrogens is 274 g/mol. The average molecular weight is 295 g/mol. The van der Waals surface area contributed by atoms with Crippen LogP contribution in [0.3, 0.4) is 0 Å². The zero-order valence-electron chi connectivity index (χ0n) is 11.9. The van der Waals surface area contributed by atoms with E-state index in [-0.39, 0.29) is 12.5 Å². The van der Waals surface area contributed by atoms with Crippen LogP contribution < -0.4 is 5.32 Å². The van der Waals surface area contributed by atoms with Gasteiger partial charge < -0.3 is 15.2 Å². The normalized spacial score (nSPS) is 17.8. The predicted molar refractivity (Wildman–Crippen MR) is 80.3 cm³/mol. The molecule has 0 bridgehead atoms. The molecule has 2 N–H and O–H groups in total. The Balaban J connectivity index is 2.01. The van der Waals surface area contributed by atoms with E-state index >= 15 is 0 Å². The monoisotopic (exact) mass is 295 g/mol. The van der Waals surface area contributed by atoms with Crippen LogP contribution in [-0.2, 0) is 4.74 Å². The summed E-state index contributed by atoms with van der Waals surface area (Å²) in [5, 5.41) is 13.2. The number of benzene rings is 1. The van der Waals surface area contributed by atoms with Crippen molar-refractivity contribution in [3.8, 4) is 0 Å². The molecule has 5 heteroatoms. The van der Waals surface area contributed by atoms with Gasteiger partial charge in [-0.3, -0.25) is 4.79 Å². The van der Waals surface area contributed by atoms with Gasteiger partial charge in [0.15, 0.2) is 0 Å².